The van der Waals surface area contributed by atoms with Crippen LogP contribution in [0, 0.1) is 13.8 Å². The van der Waals surface area contributed by atoms with Gasteiger partial charge in [0.25, 0.3) is 5.91 Å². The van der Waals surface area contributed by atoms with E-state index in [1.165, 1.54) is 17.4 Å². The van der Waals surface area contributed by atoms with Crippen molar-refractivity contribution in [3.63, 3.8) is 0 Å². The average molecular weight is 405 g/mol. The molecule has 1 aromatic carbocycles. The van der Waals surface area contributed by atoms with Crippen LogP contribution < -0.4 is 5.32 Å². The van der Waals surface area contributed by atoms with Crippen LogP contribution in [0.25, 0.3) is 11.3 Å². The normalized spacial score (nSPS) is 10.7. The van der Waals surface area contributed by atoms with Crippen molar-refractivity contribution in [3.8, 4) is 11.3 Å². The number of hydrogen-bond acceptors (Lipinski definition) is 6. The van der Waals surface area contributed by atoms with Gasteiger partial charge in [-0.25, -0.2) is 4.79 Å². The lowest BCUT2D eigenvalue weighted by atomic mass is 10.1. The molecular weight excluding hydrogens is 388 g/mol. The minimum absolute atomic E-state index is 0.110. The topological polar surface area (TPSA) is 81.4 Å². The van der Waals surface area contributed by atoms with E-state index in [9.17, 15) is 9.59 Å². The number of nitrogens with zero attached hydrogens (tertiary/aromatic N) is 1. The summed E-state index contributed by atoms with van der Waals surface area (Å²) in [6.45, 7) is 5.70. The first-order chi connectivity index (χ1) is 12.9. The molecule has 3 aromatic rings. The maximum Gasteiger partial charge on any atom is 0.341 e. The second-order valence-electron chi connectivity index (χ2n) is 5.75. The van der Waals surface area contributed by atoms with E-state index in [-0.39, 0.29) is 12.3 Å². The summed E-state index contributed by atoms with van der Waals surface area (Å²) in [5, 5.41) is 7.59. The number of benzene rings is 1. The predicted octanol–water partition coefficient (Wildman–Crippen LogP) is 5.10. The number of nitrogens with one attached hydrogen (secondary N) is 1. The van der Waals surface area contributed by atoms with Crippen LogP contribution in [-0.4, -0.2) is 23.6 Å². The van der Waals surface area contributed by atoms with Gasteiger partial charge in [-0.3, -0.25) is 4.79 Å². The molecule has 0 bridgehead atoms. The molecule has 0 unspecified atom stereocenters. The molecule has 0 spiro atoms. The quantitative estimate of drug-likeness (QED) is 0.598. The molecule has 1 N–H and O–H groups in total. The highest BCUT2D eigenvalue weighted by atomic mass is 35.5. The van der Waals surface area contributed by atoms with Gasteiger partial charge in [-0.1, -0.05) is 16.8 Å². The summed E-state index contributed by atoms with van der Waals surface area (Å²) < 4.78 is 10.3. The Bertz CT molecular complexity index is 992. The number of amides is 1. The van der Waals surface area contributed by atoms with Crippen molar-refractivity contribution in [1.29, 1.82) is 0 Å². The van der Waals surface area contributed by atoms with Crippen LogP contribution in [0.3, 0.4) is 0 Å². The van der Waals surface area contributed by atoms with Gasteiger partial charge in [0.05, 0.1) is 12.2 Å². The Hall–Kier alpha value is -2.64. The van der Waals surface area contributed by atoms with E-state index in [2.05, 4.69) is 10.5 Å². The number of aryl methyl sites for hydroxylation is 1. The van der Waals surface area contributed by atoms with Crippen LogP contribution in [0.1, 0.15) is 38.2 Å². The van der Waals surface area contributed by atoms with Crippen LogP contribution in [-0.2, 0) is 4.74 Å². The summed E-state index contributed by atoms with van der Waals surface area (Å²) in [6, 6.07) is 8.53. The Labute approximate surface area is 165 Å². The molecule has 6 nitrogen and oxygen atoms in total. The fraction of sp³-hybridized carbons (Fsp3) is 0.211. The third-order valence-corrected chi connectivity index (χ3v) is 5.34. The van der Waals surface area contributed by atoms with Crippen LogP contribution >= 0.6 is 22.9 Å². The minimum atomic E-state index is -0.467. The van der Waals surface area contributed by atoms with Crippen LogP contribution in [0.15, 0.2) is 34.9 Å². The van der Waals surface area contributed by atoms with E-state index in [4.69, 9.17) is 20.9 Å². The lowest BCUT2D eigenvalue weighted by molar-refractivity contribution is 0.0527. The standard InChI is InChI=1S/C19H17ClN2O4S/c1-4-25-19(24)16-10(2)11(3)27-18(16)21-17(23)14-9-15(26-22-14)12-5-7-13(20)8-6-12/h5-9H,4H2,1-3H3,(H,21,23). The second-order valence-corrected chi connectivity index (χ2v) is 7.41. The molecule has 0 fully saturated rings. The first-order valence-corrected chi connectivity index (χ1v) is 9.41. The fourth-order valence-electron chi connectivity index (χ4n) is 2.46. The van der Waals surface area contributed by atoms with Crippen LogP contribution in [0.4, 0.5) is 5.00 Å². The van der Waals surface area contributed by atoms with Crippen LogP contribution in [0.5, 0.6) is 0 Å². The Kier molecular flexibility index (Phi) is 5.62. The Morgan fingerprint density at radius 1 is 1.26 bits per heavy atom. The molecule has 2 aromatic heterocycles. The zero-order valence-corrected chi connectivity index (χ0v) is 16.5. The Morgan fingerprint density at radius 3 is 2.63 bits per heavy atom. The maximum atomic E-state index is 12.6. The summed E-state index contributed by atoms with van der Waals surface area (Å²) in [7, 11) is 0. The Balaban J connectivity index is 1.83. The third-order valence-electron chi connectivity index (χ3n) is 3.96. The molecule has 2 heterocycles. The highest BCUT2D eigenvalue weighted by molar-refractivity contribution is 7.16. The molecule has 140 valence electrons. The van der Waals surface area contributed by atoms with Crippen molar-refractivity contribution < 1.29 is 18.8 Å². The van der Waals surface area contributed by atoms with E-state index < -0.39 is 11.9 Å². The Morgan fingerprint density at radius 2 is 1.96 bits per heavy atom. The van der Waals surface area contributed by atoms with Gasteiger partial charge in [0.1, 0.15) is 5.00 Å². The molecule has 8 heteroatoms. The molecule has 0 radical (unpaired) electrons. The number of esters is 1. The summed E-state index contributed by atoms with van der Waals surface area (Å²) in [5.41, 5.74) is 2.02. The second kappa shape index (κ2) is 7.94. The highest BCUT2D eigenvalue weighted by Crippen LogP contribution is 2.33. The molecule has 1 amide bonds. The third kappa shape index (κ3) is 4.04. The lowest BCUT2D eigenvalue weighted by Crippen LogP contribution is -2.15. The zero-order chi connectivity index (χ0) is 19.6. The van der Waals surface area contributed by atoms with E-state index in [0.717, 1.165) is 16.0 Å². The van der Waals surface area contributed by atoms with Gasteiger partial charge in [0, 0.05) is 21.5 Å². The average Bonchev–Trinajstić information content (AvgIpc) is 3.22. The zero-order valence-electron chi connectivity index (χ0n) is 15.0. The molecule has 0 aliphatic rings. The van der Waals surface area contributed by atoms with Crippen molar-refractivity contribution in [2.24, 2.45) is 0 Å². The summed E-state index contributed by atoms with van der Waals surface area (Å²) in [6.07, 6.45) is 0. The molecule has 0 aliphatic heterocycles. The van der Waals surface area contributed by atoms with Crippen LogP contribution in [0.2, 0.25) is 5.02 Å². The van der Waals surface area contributed by atoms with Gasteiger partial charge in [0.15, 0.2) is 11.5 Å². The molecule has 0 saturated carbocycles. The fourth-order valence-corrected chi connectivity index (χ4v) is 3.63. The number of ether oxygens (including phenoxy) is 1. The number of aromatic nitrogens is 1. The predicted molar refractivity (Wildman–Crippen MR) is 105 cm³/mol. The monoisotopic (exact) mass is 404 g/mol. The number of thiophene rings is 1. The largest absolute Gasteiger partial charge is 0.462 e. The number of carbonyl (C=O) groups excluding carboxylic acids is 2. The number of rotatable bonds is 5. The first kappa shape index (κ1) is 19.1. The van der Waals surface area contributed by atoms with Gasteiger partial charge in [-0.2, -0.15) is 0 Å². The molecule has 0 saturated heterocycles. The molecule has 3 rings (SSSR count). The van der Waals surface area contributed by atoms with Gasteiger partial charge >= 0.3 is 5.97 Å². The van der Waals surface area contributed by atoms with Crippen molar-refractivity contribution in [2.75, 3.05) is 11.9 Å². The highest BCUT2D eigenvalue weighted by Gasteiger charge is 2.23. The van der Waals surface area contributed by atoms with E-state index in [1.54, 1.807) is 31.2 Å². The van der Waals surface area contributed by atoms with Gasteiger partial charge in [-0.05, 0) is 50.6 Å². The SMILES string of the molecule is CCOC(=O)c1c(NC(=O)c2cc(-c3ccc(Cl)cc3)on2)sc(C)c1C. The van der Waals surface area contributed by atoms with Crippen molar-refractivity contribution in [3.05, 3.63) is 57.1 Å². The van der Waals surface area contributed by atoms with Crippen molar-refractivity contribution >= 4 is 39.8 Å². The number of carbonyl (C=O) groups is 2. The van der Waals surface area contributed by atoms with Gasteiger partial charge in [-0.15, -0.1) is 11.3 Å². The summed E-state index contributed by atoms with van der Waals surface area (Å²) in [5.74, 6) is -0.483. The number of hydrogen-bond donors (Lipinski definition) is 1. The lowest BCUT2D eigenvalue weighted by Gasteiger charge is -2.05. The first-order valence-electron chi connectivity index (χ1n) is 8.21. The molecule has 0 aliphatic carbocycles. The smallest absolute Gasteiger partial charge is 0.341 e. The summed E-state index contributed by atoms with van der Waals surface area (Å²) in [4.78, 5) is 25.7. The van der Waals surface area contributed by atoms with Crippen molar-refractivity contribution in [2.45, 2.75) is 20.8 Å². The maximum absolute atomic E-state index is 12.6. The molecule has 27 heavy (non-hydrogen) atoms. The minimum Gasteiger partial charge on any atom is -0.462 e. The van der Waals surface area contributed by atoms with E-state index in [0.29, 0.717) is 21.3 Å². The number of anilines is 1. The van der Waals surface area contributed by atoms with E-state index >= 15 is 0 Å². The molecule has 0 atom stereocenters. The molecular formula is C19H17ClN2O4S. The van der Waals surface area contributed by atoms with E-state index in [1.807, 2.05) is 13.8 Å². The summed E-state index contributed by atoms with van der Waals surface area (Å²) >= 11 is 7.19. The van der Waals surface area contributed by atoms with Gasteiger partial charge in [0.2, 0.25) is 0 Å². The number of halogens is 1. The van der Waals surface area contributed by atoms with Gasteiger partial charge < -0.3 is 14.6 Å². The van der Waals surface area contributed by atoms with Crippen molar-refractivity contribution in [1.82, 2.24) is 5.16 Å².